The number of rotatable bonds is 2. The summed E-state index contributed by atoms with van der Waals surface area (Å²) >= 11 is 0. The van der Waals surface area contributed by atoms with Crippen LogP contribution in [0.5, 0.6) is 6.01 Å². The minimum absolute atomic E-state index is 0.181. The molecule has 2 atom stereocenters. The predicted octanol–water partition coefficient (Wildman–Crippen LogP) is 1.01. The Morgan fingerprint density at radius 2 is 1.88 bits per heavy atom. The number of hydrogen-bond donors (Lipinski definition) is 1. The van der Waals surface area contributed by atoms with E-state index in [0.29, 0.717) is 18.9 Å². The Bertz CT molecular complexity index is 395. The van der Waals surface area contributed by atoms with Gasteiger partial charge in [0.25, 0.3) is 0 Å². The summed E-state index contributed by atoms with van der Waals surface area (Å²) in [6, 6.07) is 0.326. The third-order valence-electron chi connectivity index (χ3n) is 3.67. The number of aromatic nitrogens is 2. The van der Waals surface area contributed by atoms with E-state index in [-0.39, 0.29) is 12.2 Å². The van der Waals surface area contributed by atoms with Gasteiger partial charge in [0.05, 0.1) is 24.9 Å². The van der Waals surface area contributed by atoms with E-state index >= 15 is 0 Å². The molecule has 0 radical (unpaired) electrons. The fourth-order valence-electron chi connectivity index (χ4n) is 2.81. The van der Waals surface area contributed by atoms with Crippen LogP contribution in [0.3, 0.4) is 0 Å². The van der Waals surface area contributed by atoms with Crippen LogP contribution in [0.15, 0.2) is 12.4 Å². The summed E-state index contributed by atoms with van der Waals surface area (Å²) in [5, 5.41) is 10.7. The molecule has 0 spiro atoms. The lowest BCUT2D eigenvalue weighted by Crippen LogP contribution is -2.38. The Hall–Kier alpha value is -1.20. The molecular formula is C12H16N2O3. The second-order valence-electron chi connectivity index (χ2n) is 4.86. The highest BCUT2D eigenvalue weighted by Gasteiger charge is 2.45. The maximum atomic E-state index is 10.7. The fourth-order valence-corrected chi connectivity index (χ4v) is 2.81. The van der Waals surface area contributed by atoms with Crippen LogP contribution < -0.4 is 4.74 Å². The van der Waals surface area contributed by atoms with Gasteiger partial charge in [-0.3, -0.25) is 0 Å². The van der Waals surface area contributed by atoms with Gasteiger partial charge in [0, 0.05) is 30.8 Å². The van der Waals surface area contributed by atoms with Crippen LogP contribution in [0.1, 0.15) is 31.2 Å². The van der Waals surface area contributed by atoms with Gasteiger partial charge in [-0.25, -0.2) is 9.97 Å². The normalized spacial score (nSPS) is 35.9. The molecular weight excluding hydrogens is 220 g/mol. The van der Waals surface area contributed by atoms with E-state index in [2.05, 4.69) is 9.97 Å². The first-order valence-electron chi connectivity index (χ1n) is 5.94. The number of hydrogen-bond acceptors (Lipinski definition) is 5. The van der Waals surface area contributed by atoms with Crippen molar-refractivity contribution >= 4 is 0 Å². The molecule has 0 aromatic carbocycles. The average molecular weight is 236 g/mol. The van der Waals surface area contributed by atoms with Crippen molar-refractivity contribution in [2.24, 2.45) is 0 Å². The lowest BCUT2D eigenvalue weighted by atomic mass is 9.85. The fraction of sp³-hybridized carbons (Fsp3) is 0.667. The smallest absolute Gasteiger partial charge is 0.316 e. The van der Waals surface area contributed by atoms with Crippen LogP contribution in [-0.4, -0.2) is 34.4 Å². The van der Waals surface area contributed by atoms with Gasteiger partial charge in [0.2, 0.25) is 0 Å². The van der Waals surface area contributed by atoms with Crippen molar-refractivity contribution in [1.29, 1.82) is 0 Å². The molecule has 3 rings (SSSR count). The Labute approximate surface area is 99.8 Å². The van der Waals surface area contributed by atoms with Gasteiger partial charge in [0.15, 0.2) is 0 Å². The molecule has 1 aromatic rings. The van der Waals surface area contributed by atoms with Crippen molar-refractivity contribution in [2.45, 2.75) is 43.5 Å². The first kappa shape index (κ1) is 10.9. The molecule has 1 N–H and O–H groups in total. The van der Waals surface area contributed by atoms with Crippen LogP contribution >= 0.6 is 0 Å². The summed E-state index contributed by atoms with van der Waals surface area (Å²) < 4.78 is 10.6. The number of fused-ring (bicyclic) bond motifs is 2. The lowest BCUT2D eigenvalue weighted by molar-refractivity contribution is -0.115. The summed E-state index contributed by atoms with van der Waals surface area (Å²) in [6.45, 7) is 0. The largest absolute Gasteiger partial charge is 0.467 e. The first-order valence-corrected chi connectivity index (χ1v) is 5.94. The Morgan fingerprint density at radius 3 is 2.41 bits per heavy atom. The van der Waals surface area contributed by atoms with E-state index in [1.54, 1.807) is 12.4 Å². The van der Waals surface area contributed by atoms with Gasteiger partial charge in [-0.05, 0) is 12.8 Å². The molecule has 5 nitrogen and oxygen atoms in total. The third-order valence-corrected chi connectivity index (χ3v) is 3.67. The highest BCUT2D eigenvalue weighted by atomic mass is 16.5. The maximum absolute atomic E-state index is 10.7. The quantitative estimate of drug-likeness (QED) is 0.830. The molecule has 0 amide bonds. The molecule has 5 heteroatoms. The number of nitrogens with zero attached hydrogens (tertiary/aromatic N) is 2. The van der Waals surface area contributed by atoms with Crippen molar-refractivity contribution in [3.8, 4) is 6.01 Å². The molecule has 2 fully saturated rings. The molecule has 2 unspecified atom stereocenters. The average Bonchev–Trinajstić information content (AvgIpc) is 2.69. The highest BCUT2D eigenvalue weighted by molar-refractivity contribution is 5.19. The molecule has 92 valence electrons. The Morgan fingerprint density at radius 1 is 1.29 bits per heavy atom. The second kappa shape index (κ2) is 3.92. The second-order valence-corrected chi connectivity index (χ2v) is 4.86. The van der Waals surface area contributed by atoms with Crippen molar-refractivity contribution in [3.05, 3.63) is 18.0 Å². The minimum atomic E-state index is -0.837. The first-order chi connectivity index (χ1) is 8.19. The van der Waals surface area contributed by atoms with E-state index < -0.39 is 5.60 Å². The molecule has 0 saturated carbocycles. The molecule has 2 saturated heterocycles. The van der Waals surface area contributed by atoms with Crippen LogP contribution in [0.2, 0.25) is 0 Å². The van der Waals surface area contributed by atoms with Crippen molar-refractivity contribution in [3.63, 3.8) is 0 Å². The number of aliphatic hydroxyl groups is 1. The van der Waals surface area contributed by atoms with Crippen molar-refractivity contribution in [1.82, 2.24) is 9.97 Å². The lowest BCUT2D eigenvalue weighted by Gasteiger charge is -2.36. The topological polar surface area (TPSA) is 64.5 Å². The van der Waals surface area contributed by atoms with E-state index in [1.165, 1.54) is 7.11 Å². The van der Waals surface area contributed by atoms with Gasteiger partial charge in [-0.2, -0.15) is 0 Å². The van der Waals surface area contributed by atoms with Crippen LogP contribution in [0.4, 0.5) is 0 Å². The third kappa shape index (κ3) is 1.89. The summed E-state index contributed by atoms with van der Waals surface area (Å²) in [5.74, 6) is 0. The van der Waals surface area contributed by atoms with Gasteiger partial charge in [0.1, 0.15) is 0 Å². The zero-order valence-corrected chi connectivity index (χ0v) is 9.80. The van der Waals surface area contributed by atoms with Crippen LogP contribution in [0, 0.1) is 0 Å². The predicted molar refractivity (Wildman–Crippen MR) is 59.6 cm³/mol. The number of methoxy groups -OCH3 is 1. The molecule has 2 aliphatic rings. The monoisotopic (exact) mass is 236 g/mol. The van der Waals surface area contributed by atoms with Crippen LogP contribution in [-0.2, 0) is 10.3 Å². The highest BCUT2D eigenvalue weighted by Crippen LogP contribution is 2.43. The molecule has 1 aromatic heterocycles. The van der Waals surface area contributed by atoms with E-state index in [1.807, 2.05) is 0 Å². The number of ether oxygens (including phenoxy) is 2. The summed E-state index contributed by atoms with van der Waals surface area (Å²) in [4.78, 5) is 8.11. The molecule has 3 heterocycles. The van der Waals surface area contributed by atoms with Crippen molar-refractivity contribution < 1.29 is 14.6 Å². The summed E-state index contributed by atoms with van der Waals surface area (Å²) in [6.07, 6.45) is 7.03. The van der Waals surface area contributed by atoms with Gasteiger partial charge < -0.3 is 14.6 Å². The zero-order valence-electron chi connectivity index (χ0n) is 9.80. The SMILES string of the molecule is COc1ncc(C2(O)CC3CCC(C2)O3)cn1. The van der Waals surface area contributed by atoms with Gasteiger partial charge in [-0.1, -0.05) is 0 Å². The van der Waals surface area contributed by atoms with Gasteiger partial charge >= 0.3 is 6.01 Å². The molecule has 17 heavy (non-hydrogen) atoms. The minimum Gasteiger partial charge on any atom is -0.467 e. The molecule has 2 aliphatic heterocycles. The van der Waals surface area contributed by atoms with E-state index in [9.17, 15) is 5.11 Å². The summed E-state index contributed by atoms with van der Waals surface area (Å²) in [7, 11) is 1.53. The molecule has 2 bridgehead atoms. The van der Waals surface area contributed by atoms with E-state index in [0.717, 1.165) is 18.4 Å². The van der Waals surface area contributed by atoms with Crippen molar-refractivity contribution in [2.75, 3.05) is 7.11 Å². The Kier molecular flexibility index (Phi) is 2.52. The maximum Gasteiger partial charge on any atom is 0.316 e. The van der Waals surface area contributed by atoms with Crippen LogP contribution in [0.25, 0.3) is 0 Å². The summed E-state index contributed by atoms with van der Waals surface area (Å²) in [5.41, 5.74) is -0.0744. The standard InChI is InChI=1S/C12H16N2O3/c1-16-11-13-6-8(7-14-11)12(15)4-9-2-3-10(5-12)17-9/h6-7,9-10,15H,2-5H2,1H3. The van der Waals surface area contributed by atoms with Gasteiger partial charge in [-0.15, -0.1) is 0 Å². The molecule has 0 aliphatic carbocycles. The zero-order chi connectivity index (χ0) is 11.9. The van der Waals surface area contributed by atoms with E-state index in [4.69, 9.17) is 9.47 Å². The Balaban J connectivity index is 1.86.